The molecule has 1 aliphatic rings. The van der Waals surface area contributed by atoms with Gasteiger partial charge < -0.3 is 14.2 Å². The van der Waals surface area contributed by atoms with Crippen LogP contribution in [0.1, 0.15) is 11.1 Å². The molecule has 0 spiro atoms. The fourth-order valence-corrected chi connectivity index (χ4v) is 2.50. The lowest BCUT2D eigenvalue weighted by atomic mass is 10.1. The molecule has 5 nitrogen and oxygen atoms in total. The summed E-state index contributed by atoms with van der Waals surface area (Å²) in [6.45, 7) is 8.08. The van der Waals surface area contributed by atoms with Crippen LogP contribution in [0.15, 0.2) is 22.6 Å². The lowest BCUT2D eigenvalue weighted by Gasteiger charge is -2.30. The quantitative estimate of drug-likeness (QED) is 0.838. The maximum atomic E-state index is 5.85. The van der Waals surface area contributed by atoms with Crippen molar-refractivity contribution in [3.63, 3.8) is 0 Å². The summed E-state index contributed by atoms with van der Waals surface area (Å²) in [5, 5.41) is 8.39. The van der Waals surface area contributed by atoms with E-state index < -0.39 is 0 Å². The van der Waals surface area contributed by atoms with Crippen LogP contribution < -0.4 is 4.90 Å². The van der Waals surface area contributed by atoms with Crippen molar-refractivity contribution in [3.05, 3.63) is 29.3 Å². The third kappa shape index (κ3) is 2.54. The molecule has 1 fully saturated rings. The van der Waals surface area contributed by atoms with Gasteiger partial charge in [0.25, 0.3) is 0 Å². The highest BCUT2D eigenvalue weighted by Gasteiger charge is 2.20. The monoisotopic (exact) mass is 272 g/mol. The SMILES string of the molecule is Cc1ccc(-c2nnc(N3CCN(C)CC3)o2)c(C)c1. The Bertz CT molecular complexity index is 600. The Morgan fingerprint density at radius 1 is 1.05 bits per heavy atom. The normalized spacial score (nSPS) is 16.6. The largest absolute Gasteiger partial charge is 0.403 e. The van der Waals surface area contributed by atoms with Crippen LogP contribution in [0.25, 0.3) is 11.5 Å². The van der Waals surface area contributed by atoms with Crippen LogP contribution >= 0.6 is 0 Å². The molecule has 0 bridgehead atoms. The number of hydrogen-bond donors (Lipinski definition) is 0. The highest BCUT2D eigenvalue weighted by atomic mass is 16.4. The van der Waals surface area contributed by atoms with Crippen molar-refractivity contribution in [2.24, 2.45) is 0 Å². The summed E-state index contributed by atoms with van der Waals surface area (Å²) in [7, 11) is 2.13. The first-order valence-electron chi connectivity index (χ1n) is 6.98. The Kier molecular flexibility index (Phi) is 3.44. The molecule has 1 aromatic carbocycles. The van der Waals surface area contributed by atoms with Crippen molar-refractivity contribution in [2.75, 3.05) is 38.1 Å². The second kappa shape index (κ2) is 5.25. The molecule has 5 heteroatoms. The van der Waals surface area contributed by atoms with E-state index in [9.17, 15) is 0 Å². The third-order valence-electron chi connectivity index (χ3n) is 3.80. The van der Waals surface area contributed by atoms with Crippen LogP contribution in [0.3, 0.4) is 0 Å². The molecule has 1 aromatic heterocycles. The Hall–Kier alpha value is -1.88. The van der Waals surface area contributed by atoms with Gasteiger partial charge in [-0.3, -0.25) is 0 Å². The van der Waals surface area contributed by atoms with E-state index in [0.717, 1.165) is 31.7 Å². The summed E-state index contributed by atoms with van der Waals surface area (Å²) in [4.78, 5) is 4.46. The summed E-state index contributed by atoms with van der Waals surface area (Å²) in [5.74, 6) is 0.608. The average Bonchev–Trinajstić information content (AvgIpc) is 2.89. The summed E-state index contributed by atoms with van der Waals surface area (Å²) in [6.07, 6.45) is 0. The average molecular weight is 272 g/mol. The molecule has 0 radical (unpaired) electrons. The smallest absolute Gasteiger partial charge is 0.318 e. The molecule has 2 heterocycles. The van der Waals surface area contributed by atoms with Crippen LogP contribution in [-0.4, -0.2) is 48.3 Å². The van der Waals surface area contributed by atoms with Crippen LogP contribution in [0.5, 0.6) is 0 Å². The highest BCUT2D eigenvalue weighted by Crippen LogP contribution is 2.25. The molecule has 0 aliphatic carbocycles. The first-order valence-corrected chi connectivity index (χ1v) is 6.98. The van der Waals surface area contributed by atoms with E-state index in [2.05, 4.69) is 53.0 Å². The Morgan fingerprint density at radius 2 is 1.80 bits per heavy atom. The van der Waals surface area contributed by atoms with Gasteiger partial charge in [-0.2, -0.15) is 0 Å². The molecular formula is C15H20N4O. The molecular weight excluding hydrogens is 252 g/mol. The maximum absolute atomic E-state index is 5.85. The zero-order valence-electron chi connectivity index (χ0n) is 12.3. The Balaban J connectivity index is 1.83. The van der Waals surface area contributed by atoms with Crippen LogP contribution in [-0.2, 0) is 0 Å². The van der Waals surface area contributed by atoms with E-state index in [4.69, 9.17) is 4.42 Å². The number of hydrogen-bond acceptors (Lipinski definition) is 5. The first kappa shape index (κ1) is 13.1. The van der Waals surface area contributed by atoms with E-state index in [1.165, 1.54) is 11.1 Å². The molecule has 20 heavy (non-hydrogen) atoms. The van der Waals surface area contributed by atoms with E-state index in [-0.39, 0.29) is 0 Å². The maximum Gasteiger partial charge on any atom is 0.318 e. The molecule has 2 aromatic rings. The molecule has 1 saturated heterocycles. The number of rotatable bonds is 2. The molecule has 0 N–H and O–H groups in total. The fourth-order valence-electron chi connectivity index (χ4n) is 2.50. The van der Waals surface area contributed by atoms with Crippen molar-refractivity contribution < 1.29 is 4.42 Å². The molecule has 0 amide bonds. The Labute approximate surface area is 119 Å². The van der Waals surface area contributed by atoms with Crippen molar-refractivity contribution in [1.29, 1.82) is 0 Å². The van der Waals surface area contributed by atoms with Gasteiger partial charge in [-0.05, 0) is 32.5 Å². The minimum Gasteiger partial charge on any atom is -0.403 e. The fraction of sp³-hybridized carbons (Fsp3) is 0.467. The van der Waals surface area contributed by atoms with Crippen LogP contribution in [0, 0.1) is 13.8 Å². The molecule has 0 atom stereocenters. The lowest BCUT2D eigenvalue weighted by molar-refractivity contribution is 0.305. The molecule has 3 rings (SSSR count). The van der Waals surface area contributed by atoms with Gasteiger partial charge in [-0.25, -0.2) is 0 Å². The van der Waals surface area contributed by atoms with E-state index in [1.807, 2.05) is 6.07 Å². The van der Waals surface area contributed by atoms with Gasteiger partial charge in [-0.15, -0.1) is 5.10 Å². The van der Waals surface area contributed by atoms with E-state index in [1.54, 1.807) is 0 Å². The minimum atomic E-state index is 0.608. The predicted octanol–water partition coefficient (Wildman–Crippen LogP) is 2.11. The van der Waals surface area contributed by atoms with Crippen molar-refractivity contribution >= 4 is 6.01 Å². The van der Waals surface area contributed by atoms with Crippen molar-refractivity contribution in [1.82, 2.24) is 15.1 Å². The number of likely N-dealkylation sites (N-methyl/N-ethyl adjacent to an activating group) is 1. The van der Waals surface area contributed by atoms with Gasteiger partial charge in [0, 0.05) is 31.7 Å². The Morgan fingerprint density at radius 3 is 2.50 bits per heavy atom. The van der Waals surface area contributed by atoms with Gasteiger partial charge in [0.2, 0.25) is 5.89 Å². The number of aromatic nitrogens is 2. The van der Waals surface area contributed by atoms with Gasteiger partial charge in [0.15, 0.2) is 0 Å². The summed E-state index contributed by atoms with van der Waals surface area (Å²) in [6, 6.07) is 6.89. The number of nitrogens with zero attached hydrogens (tertiary/aromatic N) is 4. The number of aryl methyl sites for hydroxylation is 2. The van der Waals surface area contributed by atoms with E-state index >= 15 is 0 Å². The first-order chi connectivity index (χ1) is 9.63. The second-order valence-corrected chi connectivity index (χ2v) is 5.50. The van der Waals surface area contributed by atoms with Crippen molar-refractivity contribution in [3.8, 4) is 11.5 Å². The predicted molar refractivity (Wildman–Crippen MR) is 78.9 cm³/mol. The lowest BCUT2D eigenvalue weighted by Crippen LogP contribution is -2.44. The van der Waals surface area contributed by atoms with Gasteiger partial charge in [0.1, 0.15) is 0 Å². The topological polar surface area (TPSA) is 45.4 Å². The number of piperazine rings is 1. The van der Waals surface area contributed by atoms with Crippen LogP contribution in [0.2, 0.25) is 0 Å². The van der Waals surface area contributed by atoms with Gasteiger partial charge in [0.05, 0.1) is 0 Å². The van der Waals surface area contributed by atoms with Gasteiger partial charge in [-0.1, -0.05) is 22.8 Å². The second-order valence-electron chi connectivity index (χ2n) is 5.50. The van der Waals surface area contributed by atoms with Crippen LogP contribution in [0.4, 0.5) is 6.01 Å². The molecule has 1 aliphatic heterocycles. The highest BCUT2D eigenvalue weighted by molar-refractivity contribution is 5.59. The summed E-state index contributed by atoms with van der Waals surface area (Å²) in [5.41, 5.74) is 3.42. The molecule has 0 saturated carbocycles. The number of benzene rings is 1. The minimum absolute atomic E-state index is 0.608. The zero-order valence-corrected chi connectivity index (χ0v) is 12.3. The summed E-state index contributed by atoms with van der Waals surface area (Å²) < 4.78 is 5.85. The molecule has 106 valence electrons. The van der Waals surface area contributed by atoms with E-state index in [0.29, 0.717) is 11.9 Å². The third-order valence-corrected chi connectivity index (χ3v) is 3.80. The molecule has 0 unspecified atom stereocenters. The van der Waals surface area contributed by atoms with Crippen molar-refractivity contribution in [2.45, 2.75) is 13.8 Å². The zero-order chi connectivity index (χ0) is 14.1. The van der Waals surface area contributed by atoms with Gasteiger partial charge >= 0.3 is 6.01 Å². The standard InChI is InChI=1S/C15H20N4O/c1-11-4-5-13(12(2)10-11)14-16-17-15(20-14)19-8-6-18(3)7-9-19/h4-5,10H,6-9H2,1-3H3. The number of anilines is 1. The summed E-state index contributed by atoms with van der Waals surface area (Å²) >= 11 is 0.